The van der Waals surface area contributed by atoms with Crippen LogP contribution in [0.3, 0.4) is 0 Å². The molecule has 8 nitrogen and oxygen atoms in total. The molecule has 0 unspecified atom stereocenters. The molecule has 0 saturated heterocycles. The van der Waals surface area contributed by atoms with Gasteiger partial charge < -0.3 is 9.84 Å². The Labute approximate surface area is 112 Å². The summed E-state index contributed by atoms with van der Waals surface area (Å²) in [6.07, 6.45) is 2.76. The van der Waals surface area contributed by atoms with Crippen molar-refractivity contribution >= 4 is 22.3 Å². The number of nitro benzene ring substituents is 1. The Morgan fingerprint density at radius 2 is 2.20 bits per heavy atom. The Balaban J connectivity index is 1.99. The molecular formula is C12H9N5O3. The third-order valence-corrected chi connectivity index (χ3v) is 2.79. The van der Waals surface area contributed by atoms with E-state index in [1.54, 1.807) is 18.2 Å². The summed E-state index contributed by atoms with van der Waals surface area (Å²) in [7, 11) is 0. The van der Waals surface area contributed by atoms with Gasteiger partial charge in [-0.1, -0.05) is 17.3 Å². The van der Waals surface area contributed by atoms with E-state index in [-0.39, 0.29) is 5.69 Å². The molecule has 0 aliphatic rings. The Hall–Kier alpha value is -3.03. The van der Waals surface area contributed by atoms with Gasteiger partial charge in [0.15, 0.2) is 5.82 Å². The van der Waals surface area contributed by atoms with Crippen LogP contribution in [0.2, 0.25) is 0 Å². The first kappa shape index (κ1) is 12.0. The first-order valence-corrected chi connectivity index (χ1v) is 5.77. The van der Waals surface area contributed by atoms with Gasteiger partial charge in [0.1, 0.15) is 5.52 Å². The molecule has 8 heteroatoms. The molecular weight excluding hydrogens is 262 g/mol. The monoisotopic (exact) mass is 271 g/mol. The largest absolute Gasteiger partial charge is 0.377 e. The van der Waals surface area contributed by atoms with Crippen LogP contribution in [0.25, 0.3) is 10.9 Å². The number of benzene rings is 1. The fourth-order valence-electron chi connectivity index (χ4n) is 1.91. The molecule has 1 N–H and O–H groups in total. The van der Waals surface area contributed by atoms with Crippen molar-refractivity contribution in [3.63, 3.8) is 0 Å². The summed E-state index contributed by atoms with van der Waals surface area (Å²) in [5.74, 6) is 0.500. The molecule has 20 heavy (non-hydrogen) atoms. The Bertz CT molecular complexity index is 757. The highest BCUT2D eigenvalue weighted by molar-refractivity contribution is 5.96. The number of nitrogens with zero attached hydrogens (tertiary/aromatic N) is 4. The van der Waals surface area contributed by atoms with E-state index in [2.05, 4.69) is 25.0 Å². The number of non-ortho nitro benzene ring substituents is 1. The van der Waals surface area contributed by atoms with E-state index in [9.17, 15) is 10.1 Å². The number of anilines is 1. The van der Waals surface area contributed by atoms with E-state index < -0.39 is 4.92 Å². The minimum absolute atomic E-state index is 0.0225. The lowest BCUT2D eigenvalue weighted by Crippen LogP contribution is -2.02. The summed E-state index contributed by atoms with van der Waals surface area (Å²) in [4.78, 5) is 18.5. The number of pyridine rings is 1. The van der Waals surface area contributed by atoms with Crippen LogP contribution < -0.4 is 5.32 Å². The van der Waals surface area contributed by atoms with Gasteiger partial charge in [-0.3, -0.25) is 10.1 Å². The van der Waals surface area contributed by atoms with Crippen LogP contribution in [-0.4, -0.2) is 20.0 Å². The van der Waals surface area contributed by atoms with Gasteiger partial charge in [-0.05, 0) is 6.07 Å². The zero-order valence-corrected chi connectivity index (χ0v) is 10.2. The van der Waals surface area contributed by atoms with Crippen LogP contribution in [0.15, 0.2) is 41.4 Å². The van der Waals surface area contributed by atoms with Gasteiger partial charge >= 0.3 is 0 Å². The van der Waals surface area contributed by atoms with E-state index in [4.69, 9.17) is 0 Å². The summed E-state index contributed by atoms with van der Waals surface area (Å²) in [5.41, 5.74) is 1.05. The van der Waals surface area contributed by atoms with Crippen LogP contribution in [-0.2, 0) is 6.54 Å². The fourth-order valence-corrected chi connectivity index (χ4v) is 1.91. The summed E-state index contributed by atoms with van der Waals surface area (Å²) >= 11 is 0. The van der Waals surface area contributed by atoms with Crippen molar-refractivity contribution in [3.8, 4) is 0 Å². The van der Waals surface area contributed by atoms with Crippen LogP contribution in [0.1, 0.15) is 5.82 Å². The molecule has 0 aliphatic carbocycles. The number of nitrogens with one attached hydrogen (secondary N) is 1. The molecule has 3 rings (SSSR count). The molecule has 0 fully saturated rings. The van der Waals surface area contributed by atoms with Gasteiger partial charge in [-0.15, -0.1) is 0 Å². The SMILES string of the molecule is O=[N+]([O-])c1cccc2c(NCc3ncon3)ccnc12. The lowest BCUT2D eigenvalue weighted by atomic mass is 10.1. The minimum Gasteiger partial charge on any atom is -0.377 e. The number of hydrogen-bond acceptors (Lipinski definition) is 7. The van der Waals surface area contributed by atoms with Gasteiger partial charge in [-0.25, -0.2) is 4.98 Å². The van der Waals surface area contributed by atoms with E-state index in [1.807, 2.05) is 0 Å². The van der Waals surface area contributed by atoms with E-state index in [1.165, 1.54) is 18.7 Å². The average Bonchev–Trinajstić information content (AvgIpc) is 2.97. The highest BCUT2D eigenvalue weighted by Crippen LogP contribution is 2.28. The first-order chi connectivity index (χ1) is 9.75. The summed E-state index contributed by atoms with van der Waals surface area (Å²) in [6, 6.07) is 6.57. The number of aromatic nitrogens is 3. The molecule has 0 radical (unpaired) electrons. The number of para-hydroxylation sites is 1. The van der Waals surface area contributed by atoms with Crippen LogP contribution >= 0.6 is 0 Å². The zero-order chi connectivity index (χ0) is 13.9. The van der Waals surface area contributed by atoms with Gasteiger partial charge in [-0.2, -0.15) is 4.98 Å². The topological polar surface area (TPSA) is 107 Å². The number of fused-ring (bicyclic) bond motifs is 1. The first-order valence-electron chi connectivity index (χ1n) is 5.77. The molecule has 3 aromatic rings. The Morgan fingerprint density at radius 3 is 2.95 bits per heavy atom. The molecule has 0 spiro atoms. The number of hydrogen-bond donors (Lipinski definition) is 1. The lowest BCUT2D eigenvalue weighted by molar-refractivity contribution is -0.383. The van der Waals surface area contributed by atoms with E-state index >= 15 is 0 Å². The second-order valence-electron chi connectivity index (χ2n) is 3.99. The van der Waals surface area contributed by atoms with Crippen LogP contribution in [0.5, 0.6) is 0 Å². The quantitative estimate of drug-likeness (QED) is 0.572. The fraction of sp³-hybridized carbons (Fsp3) is 0.0833. The van der Waals surface area contributed by atoms with E-state index in [0.29, 0.717) is 23.3 Å². The molecule has 0 atom stereocenters. The van der Waals surface area contributed by atoms with Crippen molar-refractivity contribution in [1.82, 2.24) is 15.1 Å². The minimum atomic E-state index is -0.446. The van der Waals surface area contributed by atoms with Gasteiger partial charge in [0.2, 0.25) is 6.39 Å². The van der Waals surface area contributed by atoms with Gasteiger partial charge in [0.25, 0.3) is 5.69 Å². The number of nitro groups is 1. The lowest BCUT2D eigenvalue weighted by Gasteiger charge is -2.07. The smallest absolute Gasteiger partial charge is 0.295 e. The third-order valence-electron chi connectivity index (χ3n) is 2.79. The maximum absolute atomic E-state index is 11.0. The van der Waals surface area contributed by atoms with Crippen molar-refractivity contribution in [2.75, 3.05) is 5.32 Å². The molecule has 1 aromatic carbocycles. The third kappa shape index (κ3) is 2.14. The molecule has 0 aliphatic heterocycles. The van der Waals surface area contributed by atoms with Crippen molar-refractivity contribution in [2.45, 2.75) is 6.54 Å². The summed E-state index contributed by atoms with van der Waals surface area (Å²) in [6.45, 7) is 0.359. The second-order valence-corrected chi connectivity index (χ2v) is 3.99. The molecule has 2 heterocycles. The van der Waals surface area contributed by atoms with E-state index in [0.717, 1.165) is 5.69 Å². The molecule has 0 bridgehead atoms. The Morgan fingerprint density at radius 1 is 1.30 bits per heavy atom. The van der Waals surface area contributed by atoms with Crippen molar-refractivity contribution in [3.05, 3.63) is 52.8 Å². The van der Waals surface area contributed by atoms with Crippen molar-refractivity contribution in [1.29, 1.82) is 0 Å². The molecule has 2 aromatic heterocycles. The molecule has 0 amide bonds. The molecule has 100 valence electrons. The van der Waals surface area contributed by atoms with Gasteiger partial charge in [0, 0.05) is 23.3 Å². The maximum atomic E-state index is 11.0. The van der Waals surface area contributed by atoms with Crippen molar-refractivity contribution in [2.24, 2.45) is 0 Å². The highest BCUT2D eigenvalue weighted by atomic mass is 16.6. The number of rotatable bonds is 4. The predicted molar refractivity (Wildman–Crippen MR) is 70.0 cm³/mol. The summed E-state index contributed by atoms with van der Waals surface area (Å²) in [5, 5.41) is 18.4. The average molecular weight is 271 g/mol. The van der Waals surface area contributed by atoms with Crippen molar-refractivity contribution < 1.29 is 9.45 Å². The standard InChI is InChI=1S/C12H9N5O3/c18-17(19)10-3-1-2-8-9(4-5-13-12(8)10)14-6-11-15-7-20-16-11/h1-5,7H,6H2,(H,13,14). The normalized spacial score (nSPS) is 10.6. The van der Waals surface area contributed by atoms with Crippen LogP contribution in [0.4, 0.5) is 11.4 Å². The molecule has 0 saturated carbocycles. The maximum Gasteiger partial charge on any atom is 0.295 e. The summed E-state index contributed by atoms with van der Waals surface area (Å²) < 4.78 is 4.64. The zero-order valence-electron chi connectivity index (χ0n) is 10.2. The Kier molecular flexibility index (Phi) is 2.96. The van der Waals surface area contributed by atoms with Crippen LogP contribution in [0, 0.1) is 10.1 Å². The predicted octanol–water partition coefficient (Wildman–Crippen LogP) is 2.14. The van der Waals surface area contributed by atoms with Gasteiger partial charge in [0.05, 0.1) is 11.5 Å². The second kappa shape index (κ2) is 4.92. The highest BCUT2D eigenvalue weighted by Gasteiger charge is 2.14.